The van der Waals surface area contributed by atoms with Crippen molar-refractivity contribution in [2.75, 3.05) is 13.2 Å². The Kier molecular flexibility index (Phi) is 7.25. The standard InChI is InChI=1S/C28H33NO5/c1-4-33-22-14-11-19(12-15-22)25-24(26(30)20-13-16-23(34-5-2)18(3)17-20)27(31)28(32)29(25)21-9-7-6-8-10-21/h11-17,21,25,30H,4-10H2,1-3H3/b26-24-. The van der Waals surface area contributed by atoms with E-state index in [9.17, 15) is 14.7 Å². The van der Waals surface area contributed by atoms with Gasteiger partial charge in [0.05, 0.1) is 24.8 Å². The third kappa shape index (κ3) is 4.54. The summed E-state index contributed by atoms with van der Waals surface area (Å²) in [6, 6.07) is 12.1. The maximum absolute atomic E-state index is 13.3. The largest absolute Gasteiger partial charge is 0.507 e. The number of likely N-dealkylation sites (tertiary alicyclic amines) is 1. The maximum atomic E-state index is 13.3. The SMILES string of the molecule is CCOc1ccc(C2/C(=C(/O)c3ccc(OCC)c(C)c3)C(=O)C(=O)N2C2CCCCC2)cc1. The van der Waals surface area contributed by atoms with Gasteiger partial charge in [-0.3, -0.25) is 9.59 Å². The lowest BCUT2D eigenvalue weighted by Crippen LogP contribution is -2.40. The third-order valence-corrected chi connectivity index (χ3v) is 6.70. The van der Waals surface area contributed by atoms with Crippen LogP contribution in [0.15, 0.2) is 48.0 Å². The summed E-state index contributed by atoms with van der Waals surface area (Å²) in [5.74, 6) is 0.137. The normalized spacial score (nSPS) is 20.6. The van der Waals surface area contributed by atoms with E-state index in [1.165, 1.54) is 0 Å². The molecular weight excluding hydrogens is 430 g/mol. The van der Waals surface area contributed by atoms with E-state index in [1.807, 2.05) is 45.0 Å². The number of aliphatic hydroxyl groups is 1. The fourth-order valence-corrected chi connectivity index (χ4v) is 5.10. The zero-order chi connectivity index (χ0) is 24.2. The molecule has 2 aromatic carbocycles. The van der Waals surface area contributed by atoms with Gasteiger partial charge >= 0.3 is 0 Å². The molecule has 4 rings (SSSR count). The van der Waals surface area contributed by atoms with Crippen LogP contribution in [0.4, 0.5) is 0 Å². The molecule has 1 amide bonds. The van der Waals surface area contributed by atoms with Gasteiger partial charge < -0.3 is 19.5 Å². The lowest BCUT2D eigenvalue weighted by Gasteiger charge is -2.35. The molecule has 0 aromatic heterocycles. The number of amides is 1. The lowest BCUT2D eigenvalue weighted by atomic mass is 9.91. The molecule has 6 heteroatoms. The van der Waals surface area contributed by atoms with Crippen LogP contribution in [0.2, 0.25) is 0 Å². The van der Waals surface area contributed by atoms with Gasteiger partial charge in [-0.15, -0.1) is 0 Å². The van der Waals surface area contributed by atoms with Crippen molar-refractivity contribution in [3.8, 4) is 11.5 Å². The molecule has 2 fully saturated rings. The molecule has 1 aliphatic heterocycles. The Labute approximate surface area is 201 Å². The van der Waals surface area contributed by atoms with Gasteiger partial charge in [-0.25, -0.2) is 0 Å². The maximum Gasteiger partial charge on any atom is 0.295 e. The first-order valence-electron chi connectivity index (χ1n) is 12.2. The summed E-state index contributed by atoms with van der Waals surface area (Å²) < 4.78 is 11.2. The van der Waals surface area contributed by atoms with Crippen LogP contribution in [0.5, 0.6) is 11.5 Å². The Morgan fingerprint density at radius 2 is 1.65 bits per heavy atom. The minimum Gasteiger partial charge on any atom is -0.507 e. The molecule has 180 valence electrons. The molecule has 34 heavy (non-hydrogen) atoms. The molecule has 0 radical (unpaired) electrons. The Balaban J connectivity index is 1.82. The molecule has 1 N–H and O–H groups in total. The van der Waals surface area contributed by atoms with Gasteiger partial charge in [0, 0.05) is 11.6 Å². The highest BCUT2D eigenvalue weighted by molar-refractivity contribution is 6.46. The van der Waals surface area contributed by atoms with Crippen molar-refractivity contribution in [2.45, 2.75) is 65.0 Å². The average Bonchev–Trinajstić information content (AvgIpc) is 3.11. The monoisotopic (exact) mass is 463 g/mol. The number of nitrogens with zero attached hydrogens (tertiary/aromatic N) is 1. The molecule has 6 nitrogen and oxygen atoms in total. The number of rotatable bonds is 7. The summed E-state index contributed by atoms with van der Waals surface area (Å²) >= 11 is 0. The van der Waals surface area contributed by atoms with E-state index in [4.69, 9.17) is 9.47 Å². The lowest BCUT2D eigenvalue weighted by molar-refractivity contribution is -0.141. The topological polar surface area (TPSA) is 76.1 Å². The molecule has 1 saturated carbocycles. The molecular formula is C28H33NO5. The Bertz CT molecular complexity index is 1080. The van der Waals surface area contributed by atoms with Crippen LogP contribution >= 0.6 is 0 Å². The predicted molar refractivity (Wildman–Crippen MR) is 131 cm³/mol. The highest BCUT2D eigenvalue weighted by atomic mass is 16.5. The summed E-state index contributed by atoms with van der Waals surface area (Å²) in [6.45, 7) is 6.82. The van der Waals surface area contributed by atoms with Gasteiger partial charge in [-0.2, -0.15) is 0 Å². The number of hydrogen-bond donors (Lipinski definition) is 1. The second-order valence-electron chi connectivity index (χ2n) is 8.91. The van der Waals surface area contributed by atoms with Gasteiger partial charge in [0.1, 0.15) is 17.3 Å². The van der Waals surface area contributed by atoms with Crippen LogP contribution in [-0.4, -0.2) is 41.0 Å². The molecule has 1 saturated heterocycles. The number of Topliss-reactive ketones (excluding diaryl/α,β-unsaturated/α-hetero) is 1. The molecule has 0 spiro atoms. The average molecular weight is 464 g/mol. The first-order valence-corrected chi connectivity index (χ1v) is 12.2. The van der Waals surface area contributed by atoms with Gasteiger partial charge in [0.25, 0.3) is 11.7 Å². The second-order valence-corrected chi connectivity index (χ2v) is 8.91. The number of carbonyl (C=O) groups excluding carboxylic acids is 2. The number of ether oxygens (including phenoxy) is 2. The first-order chi connectivity index (χ1) is 16.5. The van der Waals surface area contributed by atoms with E-state index in [0.717, 1.165) is 54.7 Å². The fraction of sp³-hybridized carbons (Fsp3) is 0.429. The van der Waals surface area contributed by atoms with Crippen LogP contribution in [0, 0.1) is 6.92 Å². The van der Waals surface area contributed by atoms with Crippen molar-refractivity contribution < 1.29 is 24.2 Å². The molecule has 0 bridgehead atoms. The molecule has 1 unspecified atom stereocenters. The van der Waals surface area contributed by atoms with Crippen LogP contribution in [-0.2, 0) is 9.59 Å². The minimum absolute atomic E-state index is 0.0193. The first kappa shape index (κ1) is 23.9. The summed E-state index contributed by atoms with van der Waals surface area (Å²) in [4.78, 5) is 28.3. The van der Waals surface area contributed by atoms with Gasteiger partial charge in [-0.05, 0) is 75.1 Å². The van der Waals surface area contributed by atoms with E-state index < -0.39 is 17.7 Å². The fourth-order valence-electron chi connectivity index (χ4n) is 5.10. The van der Waals surface area contributed by atoms with Crippen molar-refractivity contribution in [1.29, 1.82) is 0 Å². The van der Waals surface area contributed by atoms with Crippen molar-refractivity contribution in [3.63, 3.8) is 0 Å². The summed E-state index contributed by atoms with van der Waals surface area (Å²) in [6.07, 6.45) is 4.93. The molecule has 2 aromatic rings. The molecule has 1 atom stereocenters. The van der Waals surface area contributed by atoms with E-state index in [0.29, 0.717) is 18.8 Å². The third-order valence-electron chi connectivity index (χ3n) is 6.70. The van der Waals surface area contributed by atoms with Crippen LogP contribution in [0.1, 0.15) is 68.7 Å². The summed E-state index contributed by atoms with van der Waals surface area (Å²) in [5.41, 5.74) is 2.28. The van der Waals surface area contributed by atoms with Gasteiger partial charge in [0.2, 0.25) is 0 Å². The van der Waals surface area contributed by atoms with E-state index >= 15 is 0 Å². The van der Waals surface area contributed by atoms with Crippen molar-refractivity contribution in [1.82, 2.24) is 4.90 Å². The van der Waals surface area contributed by atoms with Crippen molar-refractivity contribution in [3.05, 3.63) is 64.7 Å². The second kappa shape index (κ2) is 10.3. The van der Waals surface area contributed by atoms with E-state index in [-0.39, 0.29) is 17.4 Å². The number of benzene rings is 2. The number of hydrogen-bond acceptors (Lipinski definition) is 5. The van der Waals surface area contributed by atoms with Crippen LogP contribution in [0.25, 0.3) is 5.76 Å². The van der Waals surface area contributed by atoms with Gasteiger partial charge in [0.15, 0.2) is 0 Å². The van der Waals surface area contributed by atoms with Crippen molar-refractivity contribution in [2.24, 2.45) is 0 Å². The Hall–Kier alpha value is -3.28. The van der Waals surface area contributed by atoms with Crippen molar-refractivity contribution >= 4 is 17.4 Å². The number of aryl methyl sites for hydroxylation is 1. The number of aliphatic hydroxyl groups excluding tert-OH is 1. The Morgan fingerprint density at radius 3 is 2.26 bits per heavy atom. The number of carbonyl (C=O) groups is 2. The van der Waals surface area contributed by atoms with E-state index in [1.54, 1.807) is 23.1 Å². The zero-order valence-electron chi connectivity index (χ0n) is 20.2. The van der Waals surface area contributed by atoms with E-state index in [2.05, 4.69) is 0 Å². The quantitative estimate of drug-likeness (QED) is 0.331. The zero-order valence-corrected chi connectivity index (χ0v) is 20.2. The van der Waals surface area contributed by atoms with Crippen LogP contribution in [0.3, 0.4) is 0 Å². The summed E-state index contributed by atoms with van der Waals surface area (Å²) in [5, 5.41) is 11.4. The predicted octanol–water partition coefficient (Wildman–Crippen LogP) is 5.55. The smallest absolute Gasteiger partial charge is 0.295 e. The van der Waals surface area contributed by atoms with Crippen LogP contribution < -0.4 is 9.47 Å². The molecule has 1 aliphatic carbocycles. The number of ketones is 1. The highest BCUT2D eigenvalue weighted by Crippen LogP contribution is 2.43. The highest BCUT2D eigenvalue weighted by Gasteiger charge is 2.48. The Morgan fingerprint density at radius 1 is 0.971 bits per heavy atom. The minimum atomic E-state index is -0.634. The molecule has 2 aliphatic rings. The summed E-state index contributed by atoms with van der Waals surface area (Å²) in [7, 11) is 0. The molecule has 1 heterocycles. The van der Waals surface area contributed by atoms with Gasteiger partial charge in [-0.1, -0.05) is 31.4 Å².